The van der Waals surface area contributed by atoms with E-state index in [-0.39, 0.29) is 5.56 Å². The molecule has 4 aromatic rings. The molecule has 0 aliphatic heterocycles. The summed E-state index contributed by atoms with van der Waals surface area (Å²) in [5.41, 5.74) is 2.92. The van der Waals surface area contributed by atoms with E-state index in [0.29, 0.717) is 28.2 Å². The zero-order chi connectivity index (χ0) is 24.1. The van der Waals surface area contributed by atoms with Gasteiger partial charge in [-0.2, -0.15) is 5.10 Å². The number of aromatic carboxylic acids is 1. The second-order valence-corrected chi connectivity index (χ2v) is 7.68. The van der Waals surface area contributed by atoms with Crippen LogP contribution in [0.4, 0.5) is 0 Å². The summed E-state index contributed by atoms with van der Waals surface area (Å²) in [6, 6.07) is 25.4. The number of amides is 1. The molecule has 3 aromatic carbocycles. The van der Waals surface area contributed by atoms with E-state index in [9.17, 15) is 19.8 Å². The Balaban J connectivity index is 1.56. The number of furan rings is 1. The van der Waals surface area contributed by atoms with Gasteiger partial charge in [-0.05, 0) is 47.9 Å². The lowest BCUT2D eigenvalue weighted by molar-refractivity contribution is -0.136. The van der Waals surface area contributed by atoms with Crippen molar-refractivity contribution in [1.29, 1.82) is 0 Å². The Morgan fingerprint density at radius 2 is 1.53 bits per heavy atom. The van der Waals surface area contributed by atoms with Gasteiger partial charge in [-0.1, -0.05) is 66.7 Å². The number of carboxylic acid groups (broad SMARTS) is 1. The first-order valence-electron chi connectivity index (χ1n) is 10.5. The highest BCUT2D eigenvalue weighted by Crippen LogP contribution is 2.30. The zero-order valence-corrected chi connectivity index (χ0v) is 18.3. The molecule has 0 fully saturated rings. The van der Waals surface area contributed by atoms with Crippen molar-refractivity contribution in [3.05, 3.63) is 119 Å². The van der Waals surface area contributed by atoms with Crippen LogP contribution in [0.15, 0.2) is 101 Å². The van der Waals surface area contributed by atoms with Gasteiger partial charge in [0.1, 0.15) is 11.5 Å². The Morgan fingerprint density at radius 3 is 2.12 bits per heavy atom. The van der Waals surface area contributed by atoms with Crippen molar-refractivity contribution in [2.45, 2.75) is 12.5 Å². The molecule has 0 aliphatic carbocycles. The van der Waals surface area contributed by atoms with E-state index >= 15 is 0 Å². The molecule has 170 valence electrons. The molecule has 1 heterocycles. The van der Waals surface area contributed by atoms with Crippen LogP contribution in [-0.2, 0) is 10.4 Å². The molecule has 0 unspecified atom stereocenters. The van der Waals surface area contributed by atoms with E-state index in [1.165, 1.54) is 12.3 Å². The maximum absolute atomic E-state index is 13.1. The molecular formula is C27H22N2O5. The monoisotopic (exact) mass is 454 g/mol. The van der Waals surface area contributed by atoms with Crippen LogP contribution in [0.1, 0.15) is 32.8 Å². The molecule has 0 atom stereocenters. The molecule has 0 spiro atoms. The van der Waals surface area contributed by atoms with Gasteiger partial charge >= 0.3 is 5.97 Å². The van der Waals surface area contributed by atoms with Gasteiger partial charge < -0.3 is 14.6 Å². The third-order valence-electron chi connectivity index (χ3n) is 5.45. The summed E-state index contributed by atoms with van der Waals surface area (Å²) in [7, 11) is 0. The van der Waals surface area contributed by atoms with Crippen molar-refractivity contribution in [1.82, 2.24) is 5.43 Å². The summed E-state index contributed by atoms with van der Waals surface area (Å²) < 4.78 is 5.77. The molecule has 0 radical (unpaired) electrons. The first kappa shape index (κ1) is 22.7. The number of hydrogen-bond donors (Lipinski definition) is 3. The fraction of sp³-hybridized carbons (Fsp3) is 0.0741. The third-order valence-corrected chi connectivity index (χ3v) is 5.45. The number of carboxylic acids is 1. The Morgan fingerprint density at radius 1 is 0.912 bits per heavy atom. The quantitative estimate of drug-likeness (QED) is 0.284. The normalized spacial score (nSPS) is 11.5. The number of rotatable bonds is 7. The first-order chi connectivity index (χ1) is 16.4. The number of benzene rings is 3. The number of nitrogens with zero attached hydrogens (tertiary/aromatic N) is 1. The Bertz CT molecular complexity index is 1300. The van der Waals surface area contributed by atoms with Crippen LogP contribution in [0.3, 0.4) is 0 Å². The highest BCUT2D eigenvalue weighted by molar-refractivity contribution is 5.91. The van der Waals surface area contributed by atoms with Gasteiger partial charge in [-0.25, -0.2) is 10.2 Å². The minimum atomic E-state index is -1.94. The van der Waals surface area contributed by atoms with Crippen LogP contribution in [0, 0.1) is 6.92 Å². The van der Waals surface area contributed by atoms with Crippen LogP contribution < -0.4 is 5.43 Å². The van der Waals surface area contributed by atoms with Gasteiger partial charge in [0.15, 0.2) is 5.60 Å². The van der Waals surface area contributed by atoms with Gasteiger partial charge in [0.05, 0.1) is 11.8 Å². The predicted molar refractivity (Wildman–Crippen MR) is 127 cm³/mol. The van der Waals surface area contributed by atoms with Crippen molar-refractivity contribution in [2.75, 3.05) is 0 Å². The molecule has 4 rings (SSSR count). The fourth-order valence-corrected chi connectivity index (χ4v) is 3.61. The fourth-order valence-electron chi connectivity index (χ4n) is 3.61. The molecule has 1 amide bonds. The van der Waals surface area contributed by atoms with Crippen molar-refractivity contribution in [2.24, 2.45) is 5.10 Å². The van der Waals surface area contributed by atoms with Crippen molar-refractivity contribution < 1.29 is 24.2 Å². The van der Waals surface area contributed by atoms with Gasteiger partial charge in [-0.15, -0.1) is 0 Å². The molecule has 0 saturated heterocycles. The average molecular weight is 454 g/mol. The zero-order valence-electron chi connectivity index (χ0n) is 18.3. The second kappa shape index (κ2) is 9.56. The highest BCUT2D eigenvalue weighted by Gasteiger charge is 2.39. The second-order valence-electron chi connectivity index (χ2n) is 7.68. The van der Waals surface area contributed by atoms with E-state index < -0.39 is 17.5 Å². The van der Waals surface area contributed by atoms with Crippen molar-refractivity contribution in [3.8, 4) is 11.3 Å². The minimum absolute atomic E-state index is 0.153. The van der Waals surface area contributed by atoms with E-state index in [4.69, 9.17) is 4.42 Å². The van der Waals surface area contributed by atoms with E-state index in [1.807, 2.05) is 6.92 Å². The van der Waals surface area contributed by atoms with Crippen LogP contribution in [0.25, 0.3) is 11.3 Å². The Hall–Kier alpha value is -4.49. The van der Waals surface area contributed by atoms with Gasteiger partial charge in [-0.3, -0.25) is 4.79 Å². The van der Waals surface area contributed by atoms with Gasteiger partial charge in [0.2, 0.25) is 0 Å². The van der Waals surface area contributed by atoms with E-state index in [1.54, 1.807) is 84.9 Å². The van der Waals surface area contributed by atoms with Gasteiger partial charge in [0, 0.05) is 5.56 Å². The lowest BCUT2D eigenvalue weighted by Crippen LogP contribution is -2.43. The Labute approximate surface area is 196 Å². The SMILES string of the molecule is Cc1ccc(C(=O)O)cc1-c1ccc(/C=N/NC(=O)C(O)(c2ccccc2)c2ccccc2)o1. The Kier molecular flexibility index (Phi) is 6.38. The average Bonchev–Trinajstić information content (AvgIpc) is 3.33. The van der Waals surface area contributed by atoms with Crippen LogP contribution in [0.5, 0.6) is 0 Å². The number of aryl methyl sites for hydroxylation is 1. The first-order valence-corrected chi connectivity index (χ1v) is 10.5. The molecule has 3 N–H and O–H groups in total. The largest absolute Gasteiger partial charge is 0.478 e. The lowest BCUT2D eigenvalue weighted by Gasteiger charge is -2.26. The molecular weight excluding hydrogens is 432 g/mol. The smallest absolute Gasteiger partial charge is 0.335 e. The maximum Gasteiger partial charge on any atom is 0.335 e. The summed E-state index contributed by atoms with van der Waals surface area (Å²) >= 11 is 0. The van der Waals surface area contributed by atoms with Crippen LogP contribution >= 0.6 is 0 Å². The summed E-state index contributed by atoms with van der Waals surface area (Å²) in [5.74, 6) is -0.934. The van der Waals surface area contributed by atoms with Crippen LogP contribution in [0.2, 0.25) is 0 Å². The number of nitrogens with one attached hydrogen (secondary N) is 1. The van der Waals surface area contributed by atoms with Crippen molar-refractivity contribution >= 4 is 18.1 Å². The summed E-state index contributed by atoms with van der Waals surface area (Å²) in [6.45, 7) is 1.85. The molecule has 0 saturated carbocycles. The number of hydrogen-bond acceptors (Lipinski definition) is 5. The topological polar surface area (TPSA) is 112 Å². The van der Waals surface area contributed by atoms with Gasteiger partial charge in [0.25, 0.3) is 5.91 Å². The number of carbonyl (C=O) groups excluding carboxylic acids is 1. The highest BCUT2D eigenvalue weighted by atomic mass is 16.4. The van der Waals surface area contributed by atoms with Crippen LogP contribution in [-0.4, -0.2) is 28.3 Å². The maximum atomic E-state index is 13.1. The summed E-state index contributed by atoms with van der Waals surface area (Å²) in [6.07, 6.45) is 1.31. The number of hydrazone groups is 1. The molecule has 0 bridgehead atoms. The minimum Gasteiger partial charge on any atom is -0.478 e. The predicted octanol–water partition coefficient (Wildman–Crippen LogP) is 4.34. The molecule has 34 heavy (non-hydrogen) atoms. The molecule has 7 nitrogen and oxygen atoms in total. The standard InChI is InChI=1S/C27H22N2O5/c1-18-12-13-19(25(30)31)16-23(18)24-15-14-22(34-24)17-28-29-26(32)27(33,20-8-4-2-5-9-20)21-10-6-3-7-11-21/h2-17,33H,1H3,(H,29,32)(H,30,31)/b28-17+. The summed E-state index contributed by atoms with van der Waals surface area (Å²) in [5, 5.41) is 24.6. The third kappa shape index (κ3) is 4.51. The number of carbonyl (C=O) groups is 2. The van der Waals surface area contributed by atoms with Crippen molar-refractivity contribution in [3.63, 3.8) is 0 Å². The molecule has 0 aliphatic rings. The number of aliphatic hydroxyl groups is 1. The van der Waals surface area contributed by atoms with E-state index in [0.717, 1.165) is 5.56 Å². The summed E-state index contributed by atoms with van der Waals surface area (Å²) in [4.78, 5) is 24.3. The molecule has 1 aromatic heterocycles. The van der Waals surface area contributed by atoms with E-state index in [2.05, 4.69) is 10.5 Å². The lowest BCUT2D eigenvalue weighted by atomic mass is 9.85. The molecule has 7 heteroatoms.